The maximum Gasteiger partial charge on any atom is 1.00 e. The zero-order valence-electron chi connectivity index (χ0n) is 15.1. The van der Waals surface area contributed by atoms with E-state index in [-0.39, 0.29) is 74.5 Å². The molecule has 9 nitrogen and oxygen atoms in total. The maximum atomic E-state index is 12.6. The molecule has 0 bridgehead atoms. The number of benzene rings is 1. The SMILES string of the molecule is Cc1onc(-c2c(Cl)cccc2Cl)c1C(=O)NC1CN(S(=O)(=O)O)C1=O.[H-].[Na+]. The number of nitrogens with one attached hydrogen (secondary N) is 1. The Kier molecular flexibility index (Phi) is 6.63. The normalized spacial score (nSPS) is 16.5. The first-order chi connectivity index (χ1) is 12.1. The average Bonchev–Trinajstić information content (AvgIpc) is 2.90. The van der Waals surface area contributed by atoms with Crippen LogP contribution >= 0.6 is 23.2 Å². The van der Waals surface area contributed by atoms with Gasteiger partial charge in [-0.25, -0.2) is 4.31 Å². The van der Waals surface area contributed by atoms with Gasteiger partial charge in [0.05, 0.1) is 16.6 Å². The molecule has 2 heterocycles. The molecule has 1 atom stereocenters. The molecule has 1 aliphatic heterocycles. The van der Waals surface area contributed by atoms with Crippen LogP contribution in [0.3, 0.4) is 0 Å². The van der Waals surface area contributed by atoms with Crippen LogP contribution < -0.4 is 34.9 Å². The molecule has 3 rings (SSSR count). The van der Waals surface area contributed by atoms with Crippen LogP contribution in [0.4, 0.5) is 0 Å². The fourth-order valence-corrected chi connectivity index (χ4v) is 3.74. The van der Waals surface area contributed by atoms with E-state index >= 15 is 0 Å². The van der Waals surface area contributed by atoms with Gasteiger partial charge in [0.25, 0.3) is 11.8 Å². The van der Waals surface area contributed by atoms with Crippen molar-refractivity contribution in [2.45, 2.75) is 13.0 Å². The number of aryl methyl sites for hydroxylation is 1. The molecule has 13 heteroatoms. The number of amides is 2. The van der Waals surface area contributed by atoms with Gasteiger partial charge in [-0.15, -0.1) is 0 Å². The zero-order chi connectivity index (χ0) is 19.2. The van der Waals surface area contributed by atoms with Crippen molar-refractivity contribution >= 4 is 45.3 Å². The summed E-state index contributed by atoms with van der Waals surface area (Å²) in [7, 11) is -4.64. The standard InChI is InChI=1S/C14H11Cl2N3O6S.Na.H/c1-6-10(12(18-25-6)11-7(15)3-2-4-8(11)16)13(20)17-9-5-19(14(9)21)26(22,23)24;;/h2-4,9H,5H2,1H3,(H,17,20)(H,22,23,24);;/q;+1;-1. The molecule has 1 aromatic carbocycles. The van der Waals surface area contributed by atoms with Crippen LogP contribution in [0.2, 0.25) is 10.0 Å². The summed E-state index contributed by atoms with van der Waals surface area (Å²) in [6.45, 7) is 1.11. The minimum absolute atomic E-state index is 0. The third-order valence-electron chi connectivity index (χ3n) is 3.77. The van der Waals surface area contributed by atoms with Gasteiger partial charge in [0.2, 0.25) is 0 Å². The largest absolute Gasteiger partial charge is 1.00 e. The van der Waals surface area contributed by atoms with Crippen LogP contribution in [0.15, 0.2) is 22.7 Å². The van der Waals surface area contributed by atoms with Crippen molar-refractivity contribution in [2.75, 3.05) is 6.54 Å². The number of carbonyl (C=O) groups is 2. The summed E-state index contributed by atoms with van der Waals surface area (Å²) in [6.07, 6.45) is 0. The number of halogens is 2. The summed E-state index contributed by atoms with van der Waals surface area (Å²) in [5.74, 6) is -1.51. The molecule has 0 saturated carbocycles. The van der Waals surface area contributed by atoms with Crippen molar-refractivity contribution < 1.29 is 58.1 Å². The molecule has 1 saturated heterocycles. The van der Waals surface area contributed by atoms with Crippen LogP contribution in [-0.2, 0) is 15.1 Å². The molecule has 1 unspecified atom stereocenters. The van der Waals surface area contributed by atoms with Crippen molar-refractivity contribution in [1.82, 2.24) is 14.8 Å². The predicted molar refractivity (Wildman–Crippen MR) is 92.3 cm³/mol. The molecular weight excluding hydrogens is 432 g/mol. The van der Waals surface area contributed by atoms with E-state index in [2.05, 4.69) is 10.5 Å². The topological polar surface area (TPSA) is 130 Å². The number of β-lactam (4-membered cyclic amide) rings is 1. The maximum absolute atomic E-state index is 12.6. The van der Waals surface area contributed by atoms with Gasteiger partial charge in [-0.2, -0.15) is 8.42 Å². The Balaban J connectivity index is 0.00000196. The number of hydrogen-bond acceptors (Lipinski definition) is 6. The van der Waals surface area contributed by atoms with Crippen LogP contribution in [0.5, 0.6) is 0 Å². The van der Waals surface area contributed by atoms with Crippen molar-refractivity contribution in [1.29, 1.82) is 0 Å². The fraction of sp³-hybridized carbons (Fsp3) is 0.214. The summed E-state index contributed by atoms with van der Waals surface area (Å²) in [5, 5.41) is 6.68. The van der Waals surface area contributed by atoms with Crippen LogP contribution in [-0.4, -0.2) is 46.8 Å². The van der Waals surface area contributed by atoms with Crippen molar-refractivity contribution in [3.05, 3.63) is 39.6 Å². The Labute approximate surface area is 187 Å². The van der Waals surface area contributed by atoms with Gasteiger partial charge >= 0.3 is 39.9 Å². The molecule has 2 amide bonds. The van der Waals surface area contributed by atoms with E-state index < -0.39 is 28.2 Å². The summed E-state index contributed by atoms with van der Waals surface area (Å²) >= 11 is 12.3. The van der Waals surface area contributed by atoms with Gasteiger partial charge in [0.1, 0.15) is 23.1 Å². The van der Waals surface area contributed by atoms with Crippen LogP contribution in [0.25, 0.3) is 11.3 Å². The molecule has 0 spiro atoms. The van der Waals surface area contributed by atoms with Gasteiger partial charge in [-0.3, -0.25) is 14.1 Å². The van der Waals surface area contributed by atoms with Crippen LogP contribution in [0, 0.1) is 6.92 Å². The minimum atomic E-state index is -4.64. The quantitative estimate of drug-likeness (QED) is 0.345. The Morgan fingerprint density at radius 2 is 2.00 bits per heavy atom. The Bertz CT molecular complexity index is 1010. The van der Waals surface area contributed by atoms with Gasteiger partial charge in [-0.05, 0) is 19.1 Å². The Morgan fingerprint density at radius 1 is 1.41 bits per heavy atom. The third kappa shape index (κ3) is 4.16. The summed E-state index contributed by atoms with van der Waals surface area (Å²) < 4.78 is 36.0. The van der Waals surface area contributed by atoms with Crippen molar-refractivity contribution in [3.8, 4) is 11.3 Å². The Hall–Kier alpha value is -1.14. The number of nitrogens with zero attached hydrogens (tertiary/aromatic N) is 2. The fourth-order valence-electron chi connectivity index (χ4n) is 2.48. The second-order valence-corrected chi connectivity index (χ2v) is 7.58. The molecule has 0 radical (unpaired) electrons. The first-order valence-corrected chi connectivity index (χ1v) is 9.27. The minimum Gasteiger partial charge on any atom is -1.00 e. The van der Waals surface area contributed by atoms with E-state index in [0.717, 1.165) is 0 Å². The third-order valence-corrected chi connectivity index (χ3v) is 5.28. The van der Waals surface area contributed by atoms with Crippen molar-refractivity contribution in [3.63, 3.8) is 0 Å². The molecule has 0 aliphatic carbocycles. The Morgan fingerprint density at radius 3 is 2.52 bits per heavy atom. The summed E-state index contributed by atoms with van der Waals surface area (Å²) in [5.41, 5.74) is 0.393. The first kappa shape index (κ1) is 22.2. The van der Waals surface area contributed by atoms with E-state index in [1.165, 1.54) is 6.92 Å². The predicted octanol–water partition coefficient (Wildman–Crippen LogP) is -1.18. The van der Waals surface area contributed by atoms with Crippen molar-refractivity contribution in [2.24, 2.45) is 0 Å². The number of carbonyl (C=O) groups excluding carboxylic acids is 2. The van der Waals surface area contributed by atoms with Gasteiger partial charge in [0, 0.05) is 5.56 Å². The zero-order valence-corrected chi connectivity index (χ0v) is 18.4. The average molecular weight is 444 g/mol. The summed E-state index contributed by atoms with van der Waals surface area (Å²) in [4.78, 5) is 24.3. The monoisotopic (exact) mass is 443 g/mol. The molecule has 27 heavy (non-hydrogen) atoms. The van der Waals surface area contributed by atoms with Gasteiger partial charge < -0.3 is 11.3 Å². The van der Waals surface area contributed by atoms with E-state index in [1.54, 1.807) is 18.2 Å². The second kappa shape index (κ2) is 8.08. The molecule has 140 valence electrons. The van der Waals surface area contributed by atoms with Gasteiger partial charge in [0.15, 0.2) is 0 Å². The smallest absolute Gasteiger partial charge is 1.00 e. The molecule has 2 aromatic rings. The number of rotatable bonds is 4. The molecule has 1 fully saturated rings. The van der Waals surface area contributed by atoms with E-state index in [4.69, 9.17) is 32.3 Å². The molecular formula is C14H12Cl2N3NaO6S. The summed E-state index contributed by atoms with van der Waals surface area (Å²) in [6, 6.07) is 3.65. The molecule has 1 aromatic heterocycles. The van der Waals surface area contributed by atoms with E-state index in [9.17, 15) is 18.0 Å². The van der Waals surface area contributed by atoms with Crippen LogP contribution in [0.1, 0.15) is 17.5 Å². The molecule has 1 aliphatic rings. The first-order valence-electron chi connectivity index (χ1n) is 7.11. The second-order valence-electron chi connectivity index (χ2n) is 5.43. The van der Waals surface area contributed by atoms with E-state index in [0.29, 0.717) is 0 Å². The number of aromatic nitrogens is 1. The van der Waals surface area contributed by atoms with Gasteiger partial charge in [-0.1, -0.05) is 34.4 Å². The molecule has 2 N–H and O–H groups in total. The number of hydrogen-bond donors (Lipinski definition) is 2. The van der Waals surface area contributed by atoms with E-state index in [1.807, 2.05) is 0 Å².